The number of carbonyl (C=O) groups excluding carboxylic acids is 1. The van der Waals surface area contributed by atoms with Crippen molar-refractivity contribution in [1.82, 2.24) is 10.6 Å². The van der Waals surface area contributed by atoms with Crippen LogP contribution in [-0.4, -0.2) is 29.7 Å². The fraction of sp³-hybridized carbons (Fsp3) is 0.692. The summed E-state index contributed by atoms with van der Waals surface area (Å²) in [5, 5.41) is 13.9. The molecule has 1 aliphatic rings. The zero-order valence-electron chi connectivity index (χ0n) is 10.7. The Labute approximate surface area is 107 Å². The molecule has 1 aliphatic carbocycles. The van der Waals surface area contributed by atoms with Gasteiger partial charge in [-0.1, -0.05) is 19.8 Å². The standard InChI is InChI=1S/C13H20N2O3/c1-3-6-10(11(16)17)15-12(18)14-9-13(2)7-4-5-8-13/h1,10H,4-9H2,2H3,(H,16,17)(H2,14,15,18). The predicted molar refractivity (Wildman–Crippen MR) is 68.0 cm³/mol. The van der Waals surface area contributed by atoms with E-state index in [1.54, 1.807) is 0 Å². The highest BCUT2D eigenvalue weighted by Crippen LogP contribution is 2.36. The molecular weight excluding hydrogens is 232 g/mol. The van der Waals surface area contributed by atoms with E-state index in [4.69, 9.17) is 11.5 Å². The van der Waals surface area contributed by atoms with Gasteiger partial charge in [0, 0.05) is 13.0 Å². The van der Waals surface area contributed by atoms with Crippen molar-refractivity contribution in [2.75, 3.05) is 6.54 Å². The summed E-state index contributed by atoms with van der Waals surface area (Å²) >= 11 is 0. The van der Waals surface area contributed by atoms with Crippen LogP contribution in [0.2, 0.25) is 0 Å². The second-order valence-corrected chi connectivity index (χ2v) is 5.14. The summed E-state index contributed by atoms with van der Waals surface area (Å²) in [6, 6.07) is -1.49. The number of nitrogens with one attached hydrogen (secondary N) is 2. The summed E-state index contributed by atoms with van der Waals surface area (Å²) in [6.07, 6.45) is 9.61. The van der Waals surface area contributed by atoms with Gasteiger partial charge in [0.2, 0.25) is 0 Å². The second-order valence-electron chi connectivity index (χ2n) is 5.14. The van der Waals surface area contributed by atoms with Crippen LogP contribution in [0.3, 0.4) is 0 Å². The molecule has 5 heteroatoms. The lowest BCUT2D eigenvalue weighted by Crippen LogP contribution is -2.47. The predicted octanol–water partition coefficient (Wildman–Crippen LogP) is 1.34. The number of urea groups is 1. The quantitative estimate of drug-likeness (QED) is 0.646. The van der Waals surface area contributed by atoms with Crippen LogP contribution in [0.4, 0.5) is 4.79 Å². The lowest BCUT2D eigenvalue weighted by Gasteiger charge is -2.24. The van der Waals surface area contributed by atoms with Crippen LogP contribution in [0.1, 0.15) is 39.0 Å². The van der Waals surface area contributed by atoms with E-state index in [1.165, 1.54) is 12.8 Å². The summed E-state index contributed by atoms with van der Waals surface area (Å²) in [4.78, 5) is 22.4. The maximum atomic E-state index is 11.6. The van der Waals surface area contributed by atoms with Crippen molar-refractivity contribution in [3.05, 3.63) is 0 Å². The zero-order valence-corrected chi connectivity index (χ0v) is 10.7. The first-order chi connectivity index (χ1) is 8.47. The molecule has 3 N–H and O–H groups in total. The van der Waals surface area contributed by atoms with Crippen molar-refractivity contribution in [2.24, 2.45) is 5.41 Å². The van der Waals surface area contributed by atoms with Gasteiger partial charge in [-0.2, -0.15) is 0 Å². The highest BCUT2D eigenvalue weighted by atomic mass is 16.4. The minimum atomic E-state index is -1.12. The van der Waals surface area contributed by atoms with Crippen molar-refractivity contribution in [3.8, 4) is 12.3 Å². The Kier molecular flexibility index (Phi) is 5.02. The maximum Gasteiger partial charge on any atom is 0.327 e. The Morgan fingerprint density at radius 1 is 1.44 bits per heavy atom. The summed E-state index contributed by atoms with van der Waals surface area (Å²) < 4.78 is 0. The number of aliphatic carboxylic acids is 1. The number of carboxylic acids is 1. The second kappa shape index (κ2) is 6.29. The summed E-state index contributed by atoms with van der Waals surface area (Å²) in [7, 11) is 0. The first-order valence-electron chi connectivity index (χ1n) is 6.17. The first-order valence-corrected chi connectivity index (χ1v) is 6.17. The molecule has 1 rings (SSSR count). The van der Waals surface area contributed by atoms with Crippen LogP contribution in [0.15, 0.2) is 0 Å². The van der Waals surface area contributed by atoms with Crippen molar-refractivity contribution in [3.63, 3.8) is 0 Å². The molecule has 1 atom stereocenters. The normalized spacial score (nSPS) is 18.7. The monoisotopic (exact) mass is 252 g/mol. The van der Waals surface area contributed by atoms with Gasteiger partial charge in [-0.3, -0.25) is 0 Å². The van der Waals surface area contributed by atoms with E-state index >= 15 is 0 Å². The number of terminal acetylenes is 1. The average molecular weight is 252 g/mol. The van der Waals surface area contributed by atoms with E-state index in [9.17, 15) is 9.59 Å². The molecule has 1 fully saturated rings. The number of rotatable bonds is 5. The van der Waals surface area contributed by atoms with Crippen LogP contribution in [0.25, 0.3) is 0 Å². The number of carbonyl (C=O) groups is 2. The third-order valence-electron chi connectivity index (χ3n) is 3.41. The van der Waals surface area contributed by atoms with Gasteiger partial charge in [0.05, 0.1) is 0 Å². The third kappa shape index (κ3) is 4.28. The zero-order chi connectivity index (χ0) is 13.6. The Morgan fingerprint density at radius 3 is 2.56 bits per heavy atom. The molecule has 18 heavy (non-hydrogen) atoms. The van der Waals surface area contributed by atoms with Crippen LogP contribution >= 0.6 is 0 Å². The average Bonchev–Trinajstić information content (AvgIpc) is 2.73. The Balaban J connectivity index is 2.36. The van der Waals surface area contributed by atoms with E-state index in [1.807, 2.05) is 0 Å². The van der Waals surface area contributed by atoms with Gasteiger partial charge < -0.3 is 15.7 Å². The summed E-state index contributed by atoms with van der Waals surface area (Å²) in [6.45, 7) is 2.71. The highest BCUT2D eigenvalue weighted by molar-refractivity contribution is 5.82. The lowest BCUT2D eigenvalue weighted by molar-refractivity contribution is -0.139. The summed E-state index contributed by atoms with van der Waals surface area (Å²) in [5.74, 6) is 1.12. The molecule has 1 saturated carbocycles. The van der Waals surface area contributed by atoms with Gasteiger partial charge >= 0.3 is 12.0 Å². The molecule has 0 aromatic carbocycles. The molecule has 100 valence electrons. The highest BCUT2D eigenvalue weighted by Gasteiger charge is 2.29. The van der Waals surface area contributed by atoms with E-state index in [2.05, 4.69) is 23.5 Å². The van der Waals surface area contributed by atoms with E-state index in [0.29, 0.717) is 6.54 Å². The Bertz CT molecular complexity index is 354. The topological polar surface area (TPSA) is 78.4 Å². The number of hydrogen-bond donors (Lipinski definition) is 3. The minimum Gasteiger partial charge on any atom is -0.480 e. The molecule has 0 saturated heterocycles. The van der Waals surface area contributed by atoms with E-state index in [-0.39, 0.29) is 11.8 Å². The Morgan fingerprint density at radius 2 is 2.06 bits per heavy atom. The number of amides is 2. The third-order valence-corrected chi connectivity index (χ3v) is 3.41. The Hall–Kier alpha value is -1.70. The number of hydrogen-bond acceptors (Lipinski definition) is 2. The van der Waals surface area contributed by atoms with Gasteiger partial charge in [-0.05, 0) is 18.3 Å². The van der Waals surface area contributed by atoms with Crippen molar-refractivity contribution < 1.29 is 14.7 Å². The molecule has 2 amide bonds. The van der Waals surface area contributed by atoms with Gasteiger partial charge in [0.1, 0.15) is 6.04 Å². The van der Waals surface area contributed by atoms with Crippen LogP contribution in [0, 0.1) is 17.8 Å². The molecule has 0 spiro atoms. The maximum absolute atomic E-state index is 11.6. The SMILES string of the molecule is C#CCC(NC(=O)NCC1(C)CCCC1)C(=O)O. The fourth-order valence-electron chi connectivity index (χ4n) is 2.23. The van der Waals surface area contributed by atoms with E-state index in [0.717, 1.165) is 12.8 Å². The van der Waals surface area contributed by atoms with Crippen LogP contribution < -0.4 is 10.6 Å². The first kappa shape index (κ1) is 14.4. The van der Waals surface area contributed by atoms with Crippen LogP contribution in [0.5, 0.6) is 0 Å². The minimum absolute atomic E-state index is 0.0139. The van der Waals surface area contributed by atoms with Gasteiger partial charge in [0.15, 0.2) is 0 Å². The van der Waals surface area contributed by atoms with Crippen LogP contribution in [-0.2, 0) is 4.79 Å². The van der Waals surface area contributed by atoms with Gasteiger partial charge in [0.25, 0.3) is 0 Å². The molecule has 0 radical (unpaired) electrons. The van der Waals surface area contributed by atoms with Gasteiger partial charge in [-0.15, -0.1) is 12.3 Å². The molecule has 0 aliphatic heterocycles. The molecular formula is C13H20N2O3. The fourth-order valence-corrected chi connectivity index (χ4v) is 2.23. The molecule has 0 aromatic rings. The lowest BCUT2D eigenvalue weighted by atomic mass is 9.89. The van der Waals surface area contributed by atoms with Crippen molar-refractivity contribution in [1.29, 1.82) is 0 Å². The molecule has 0 bridgehead atoms. The van der Waals surface area contributed by atoms with E-state index < -0.39 is 18.0 Å². The largest absolute Gasteiger partial charge is 0.480 e. The molecule has 1 unspecified atom stereocenters. The molecule has 0 aromatic heterocycles. The number of carboxylic acid groups (broad SMARTS) is 1. The van der Waals surface area contributed by atoms with Crippen molar-refractivity contribution in [2.45, 2.75) is 45.1 Å². The molecule has 0 heterocycles. The van der Waals surface area contributed by atoms with Crippen molar-refractivity contribution >= 4 is 12.0 Å². The van der Waals surface area contributed by atoms with Gasteiger partial charge in [-0.25, -0.2) is 9.59 Å². The summed E-state index contributed by atoms with van der Waals surface area (Å²) in [5.41, 5.74) is 0.141. The smallest absolute Gasteiger partial charge is 0.327 e. The molecule has 5 nitrogen and oxygen atoms in total.